The minimum atomic E-state index is 0.589. The summed E-state index contributed by atoms with van der Waals surface area (Å²) in [5.41, 5.74) is 3.34. The Hall–Kier alpha value is -1.56. The van der Waals surface area contributed by atoms with Gasteiger partial charge < -0.3 is 5.32 Å². The Morgan fingerprint density at radius 3 is 2.89 bits per heavy atom. The second-order valence-electron chi connectivity index (χ2n) is 4.79. The van der Waals surface area contributed by atoms with Crippen LogP contribution < -0.4 is 5.32 Å². The Morgan fingerprint density at radius 1 is 1.32 bits per heavy atom. The fourth-order valence-electron chi connectivity index (χ4n) is 2.30. The fourth-order valence-corrected chi connectivity index (χ4v) is 3.40. The van der Waals surface area contributed by atoms with Crippen LogP contribution in [0.15, 0.2) is 24.5 Å². The van der Waals surface area contributed by atoms with Crippen molar-refractivity contribution in [3.63, 3.8) is 0 Å². The molecule has 1 aromatic heterocycles. The van der Waals surface area contributed by atoms with Crippen molar-refractivity contribution < 1.29 is 0 Å². The van der Waals surface area contributed by atoms with Crippen LogP contribution in [0.5, 0.6) is 0 Å². The van der Waals surface area contributed by atoms with Crippen LogP contribution in [0, 0.1) is 6.92 Å². The quantitative estimate of drug-likeness (QED) is 0.931. The smallest absolute Gasteiger partial charge is 0.143 e. The summed E-state index contributed by atoms with van der Waals surface area (Å²) >= 11 is 2.04. The van der Waals surface area contributed by atoms with E-state index in [2.05, 4.69) is 46.0 Å². The van der Waals surface area contributed by atoms with Crippen LogP contribution in [0.1, 0.15) is 18.4 Å². The lowest BCUT2D eigenvalue weighted by Crippen LogP contribution is -2.24. The number of benzene rings is 1. The molecule has 0 spiro atoms. The molecule has 0 bridgehead atoms. The number of tetrazole rings is 1. The number of thioether (sulfide) groups is 1. The lowest BCUT2D eigenvalue weighted by molar-refractivity contribution is 0.666. The molecule has 1 aromatic carbocycles. The van der Waals surface area contributed by atoms with E-state index in [1.165, 1.54) is 24.3 Å². The van der Waals surface area contributed by atoms with Gasteiger partial charge in [-0.15, -0.1) is 5.10 Å². The maximum atomic E-state index is 3.96. The normalized spacial score (nSPS) is 16.5. The van der Waals surface area contributed by atoms with Crippen LogP contribution in [-0.4, -0.2) is 37.8 Å². The minimum absolute atomic E-state index is 0.589. The van der Waals surface area contributed by atoms with Crippen molar-refractivity contribution in [1.82, 2.24) is 20.2 Å². The molecule has 2 heterocycles. The molecule has 0 aliphatic carbocycles. The molecule has 6 heteroatoms. The molecule has 5 nitrogen and oxygen atoms in total. The lowest BCUT2D eigenvalue weighted by Gasteiger charge is -2.24. The third-order valence-corrected chi connectivity index (χ3v) is 4.45. The highest BCUT2D eigenvalue weighted by atomic mass is 32.2. The van der Waals surface area contributed by atoms with Gasteiger partial charge in [0, 0.05) is 11.7 Å². The van der Waals surface area contributed by atoms with E-state index in [-0.39, 0.29) is 0 Å². The number of aryl methyl sites for hydroxylation is 1. The fraction of sp³-hybridized carbons (Fsp3) is 0.462. The van der Waals surface area contributed by atoms with Gasteiger partial charge in [-0.3, -0.25) is 0 Å². The Kier molecular flexibility index (Phi) is 3.68. The van der Waals surface area contributed by atoms with E-state index >= 15 is 0 Å². The maximum absolute atomic E-state index is 3.96. The second kappa shape index (κ2) is 5.61. The molecular weight excluding hydrogens is 258 g/mol. The summed E-state index contributed by atoms with van der Waals surface area (Å²) < 4.78 is 1.71. The topological polar surface area (TPSA) is 55.6 Å². The van der Waals surface area contributed by atoms with Crippen LogP contribution >= 0.6 is 11.8 Å². The highest BCUT2D eigenvalue weighted by molar-refractivity contribution is 7.99. The molecule has 1 fully saturated rings. The standard InChI is InChI=1S/C13H17N5S/c1-10-2-3-12(15-11-4-6-19-7-5-11)8-13(10)18-9-14-16-17-18/h2-3,8-9,11,15H,4-7H2,1H3. The van der Waals surface area contributed by atoms with Gasteiger partial charge in [-0.2, -0.15) is 11.8 Å². The van der Waals surface area contributed by atoms with Crippen molar-refractivity contribution in [2.24, 2.45) is 0 Å². The van der Waals surface area contributed by atoms with Crippen LogP contribution in [0.4, 0.5) is 5.69 Å². The summed E-state index contributed by atoms with van der Waals surface area (Å²) in [4.78, 5) is 0. The van der Waals surface area contributed by atoms with E-state index in [9.17, 15) is 0 Å². The minimum Gasteiger partial charge on any atom is -0.382 e. The van der Waals surface area contributed by atoms with E-state index in [1.54, 1.807) is 11.0 Å². The number of nitrogens with one attached hydrogen (secondary N) is 1. The summed E-state index contributed by atoms with van der Waals surface area (Å²) in [6, 6.07) is 6.95. The van der Waals surface area contributed by atoms with E-state index in [1.807, 2.05) is 11.8 Å². The third kappa shape index (κ3) is 2.89. The van der Waals surface area contributed by atoms with Gasteiger partial charge in [0.2, 0.25) is 0 Å². The Labute approximate surface area is 116 Å². The molecule has 0 saturated carbocycles. The number of nitrogens with zero attached hydrogens (tertiary/aromatic N) is 4. The summed E-state index contributed by atoms with van der Waals surface area (Å²) in [7, 11) is 0. The van der Waals surface area contributed by atoms with Gasteiger partial charge in [0.15, 0.2) is 0 Å². The molecule has 1 aliphatic heterocycles. The summed E-state index contributed by atoms with van der Waals surface area (Å²) in [6.45, 7) is 2.07. The molecular formula is C13H17N5S. The average molecular weight is 275 g/mol. The number of rotatable bonds is 3. The Morgan fingerprint density at radius 2 is 2.16 bits per heavy atom. The predicted molar refractivity (Wildman–Crippen MR) is 77.9 cm³/mol. The van der Waals surface area contributed by atoms with Crippen molar-refractivity contribution in [3.05, 3.63) is 30.1 Å². The molecule has 100 valence electrons. The average Bonchev–Trinajstić information content (AvgIpc) is 2.96. The molecule has 19 heavy (non-hydrogen) atoms. The largest absolute Gasteiger partial charge is 0.382 e. The number of anilines is 1. The zero-order valence-electron chi connectivity index (χ0n) is 10.9. The maximum Gasteiger partial charge on any atom is 0.143 e. The number of aromatic nitrogens is 4. The Bertz CT molecular complexity index is 534. The molecule has 0 amide bonds. The van der Waals surface area contributed by atoms with E-state index in [0.717, 1.165) is 16.9 Å². The molecule has 1 saturated heterocycles. The highest BCUT2D eigenvalue weighted by Crippen LogP contribution is 2.23. The molecule has 2 aromatic rings. The van der Waals surface area contributed by atoms with E-state index < -0.39 is 0 Å². The summed E-state index contributed by atoms with van der Waals surface area (Å²) in [5.74, 6) is 2.51. The lowest BCUT2D eigenvalue weighted by atomic mass is 10.1. The molecule has 1 N–H and O–H groups in total. The van der Waals surface area contributed by atoms with Gasteiger partial charge in [-0.1, -0.05) is 6.07 Å². The van der Waals surface area contributed by atoms with Crippen LogP contribution in [0.3, 0.4) is 0 Å². The van der Waals surface area contributed by atoms with Gasteiger partial charge in [0.1, 0.15) is 6.33 Å². The van der Waals surface area contributed by atoms with Crippen LogP contribution in [-0.2, 0) is 0 Å². The van der Waals surface area contributed by atoms with Gasteiger partial charge in [0.05, 0.1) is 5.69 Å². The summed E-state index contributed by atoms with van der Waals surface area (Å²) in [5, 5.41) is 15.0. The van der Waals surface area contributed by atoms with Gasteiger partial charge in [0.25, 0.3) is 0 Å². The first kappa shape index (κ1) is 12.5. The monoisotopic (exact) mass is 275 g/mol. The molecule has 3 rings (SSSR count). The van der Waals surface area contributed by atoms with E-state index in [0.29, 0.717) is 6.04 Å². The Balaban J connectivity index is 1.81. The van der Waals surface area contributed by atoms with Gasteiger partial charge in [-0.25, -0.2) is 4.68 Å². The SMILES string of the molecule is Cc1ccc(NC2CCSCC2)cc1-n1cnnn1. The molecule has 0 radical (unpaired) electrons. The molecule has 0 atom stereocenters. The first-order valence-corrected chi connectivity index (χ1v) is 7.67. The zero-order valence-corrected chi connectivity index (χ0v) is 11.7. The predicted octanol–water partition coefficient (Wildman–Crippen LogP) is 2.28. The van der Waals surface area contributed by atoms with Gasteiger partial charge >= 0.3 is 0 Å². The van der Waals surface area contributed by atoms with Gasteiger partial charge in [-0.05, 0) is 59.4 Å². The van der Waals surface area contributed by atoms with E-state index in [4.69, 9.17) is 0 Å². The van der Waals surface area contributed by atoms with Crippen molar-refractivity contribution in [2.75, 3.05) is 16.8 Å². The zero-order chi connectivity index (χ0) is 13.1. The van der Waals surface area contributed by atoms with Crippen LogP contribution in [0.25, 0.3) is 5.69 Å². The highest BCUT2D eigenvalue weighted by Gasteiger charge is 2.14. The van der Waals surface area contributed by atoms with Crippen molar-refractivity contribution in [2.45, 2.75) is 25.8 Å². The first-order valence-electron chi connectivity index (χ1n) is 6.51. The molecule has 1 aliphatic rings. The number of hydrogen-bond donors (Lipinski definition) is 1. The number of hydrogen-bond acceptors (Lipinski definition) is 5. The van der Waals surface area contributed by atoms with Crippen molar-refractivity contribution >= 4 is 17.4 Å². The third-order valence-electron chi connectivity index (χ3n) is 3.40. The molecule has 0 unspecified atom stereocenters. The second-order valence-corrected chi connectivity index (χ2v) is 6.01. The van der Waals surface area contributed by atoms with Crippen molar-refractivity contribution in [1.29, 1.82) is 0 Å². The van der Waals surface area contributed by atoms with Crippen molar-refractivity contribution in [3.8, 4) is 5.69 Å². The van der Waals surface area contributed by atoms with Crippen LogP contribution in [0.2, 0.25) is 0 Å². The first-order chi connectivity index (χ1) is 9.33. The summed E-state index contributed by atoms with van der Waals surface area (Å²) in [6.07, 6.45) is 4.10.